The molecule has 0 aromatic heterocycles. The van der Waals surface area contributed by atoms with Gasteiger partial charge in [-0.1, -0.05) is 6.42 Å². The van der Waals surface area contributed by atoms with Gasteiger partial charge in [0.15, 0.2) is 0 Å². The number of rotatable bonds is 3. The van der Waals surface area contributed by atoms with Crippen molar-refractivity contribution in [2.24, 2.45) is 10.9 Å². The summed E-state index contributed by atoms with van der Waals surface area (Å²) in [6.45, 7) is 0.797. The van der Waals surface area contributed by atoms with Crippen LogP contribution in [-0.4, -0.2) is 25.8 Å². The Bertz CT molecular complexity index is 173. The van der Waals surface area contributed by atoms with E-state index in [9.17, 15) is 4.79 Å². The van der Waals surface area contributed by atoms with Gasteiger partial charge >= 0.3 is 0 Å². The minimum Gasteiger partial charge on any atom is -0.384 e. The first kappa shape index (κ1) is 9.43. The van der Waals surface area contributed by atoms with E-state index in [0.717, 1.165) is 25.9 Å². The second-order valence-electron chi connectivity index (χ2n) is 3.36. The molecule has 3 nitrogen and oxygen atoms in total. The lowest BCUT2D eigenvalue weighted by molar-refractivity contribution is 0.126. The zero-order chi connectivity index (χ0) is 8.81. The number of ether oxygens (including phenoxy) is 1. The van der Waals surface area contributed by atoms with Crippen LogP contribution >= 0.6 is 0 Å². The highest BCUT2D eigenvalue weighted by Gasteiger charge is 2.20. The van der Waals surface area contributed by atoms with E-state index in [0.29, 0.717) is 5.92 Å². The molecule has 3 heteroatoms. The smallest absolute Gasteiger partial charge is 0.235 e. The van der Waals surface area contributed by atoms with E-state index in [2.05, 4.69) is 4.99 Å². The third kappa shape index (κ3) is 2.76. The van der Waals surface area contributed by atoms with Gasteiger partial charge < -0.3 is 4.74 Å². The molecule has 0 radical (unpaired) electrons. The van der Waals surface area contributed by atoms with Crippen molar-refractivity contribution < 1.29 is 9.53 Å². The molecule has 2 unspecified atom stereocenters. The molecule has 0 aromatic rings. The molecule has 0 amide bonds. The van der Waals surface area contributed by atoms with Gasteiger partial charge in [0.05, 0.1) is 6.04 Å². The molecule has 1 saturated carbocycles. The molecule has 2 atom stereocenters. The van der Waals surface area contributed by atoms with Crippen molar-refractivity contribution in [3.05, 3.63) is 0 Å². The van der Waals surface area contributed by atoms with Crippen molar-refractivity contribution in [3.8, 4) is 0 Å². The Morgan fingerprint density at radius 1 is 1.58 bits per heavy atom. The SMILES string of the molecule is COCC1CCCC(N=C=O)C1. The number of isocyanates is 1. The number of hydrogen-bond acceptors (Lipinski definition) is 3. The van der Waals surface area contributed by atoms with Crippen LogP contribution in [0.1, 0.15) is 25.7 Å². The highest BCUT2D eigenvalue weighted by molar-refractivity contribution is 5.33. The van der Waals surface area contributed by atoms with E-state index in [4.69, 9.17) is 4.74 Å². The average molecular weight is 169 g/mol. The van der Waals surface area contributed by atoms with Crippen LogP contribution in [0.15, 0.2) is 4.99 Å². The summed E-state index contributed by atoms with van der Waals surface area (Å²) < 4.78 is 5.07. The zero-order valence-corrected chi connectivity index (χ0v) is 7.45. The molecule has 0 heterocycles. The van der Waals surface area contributed by atoms with Crippen LogP contribution in [0.3, 0.4) is 0 Å². The van der Waals surface area contributed by atoms with Crippen molar-refractivity contribution >= 4 is 6.08 Å². The van der Waals surface area contributed by atoms with E-state index in [1.54, 1.807) is 13.2 Å². The Labute approximate surface area is 72.8 Å². The lowest BCUT2D eigenvalue weighted by Crippen LogP contribution is -2.21. The van der Waals surface area contributed by atoms with Crippen molar-refractivity contribution in [2.45, 2.75) is 31.7 Å². The maximum Gasteiger partial charge on any atom is 0.235 e. The fraction of sp³-hybridized carbons (Fsp3) is 0.889. The highest BCUT2D eigenvalue weighted by atomic mass is 16.5. The largest absolute Gasteiger partial charge is 0.384 e. The molecule has 0 spiro atoms. The van der Waals surface area contributed by atoms with Crippen LogP contribution in [0.25, 0.3) is 0 Å². The first-order chi connectivity index (χ1) is 5.86. The van der Waals surface area contributed by atoms with Crippen molar-refractivity contribution in [1.29, 1.82) is 0 Å². The third-order valence-corrected chi connectivity index (χ3v) is 2.39. The molecule has 68 valence electrons. The molecule has 1 aliphatic rings. The summed E-state index contributed by atoms with van der Waals surface area (Å²) in [6.07, 6.45) is 6.02. The van der Waals surface area contributed by atoms with Gasteiger partial charge in [-0.25, -0.2) is 9.79 Å². The predicted molar refractivity (Wildman–Crippen MR) is 45.7 cm³/mol. The molecule has 0 N–H and O–H groups in total. The standard InChI is InChI=1S/C9H15NO2/c1-12-6-8-3-2-4-9(5-8)10-7-11/h8-9H,2-6H2,1H3. The lowest BCUT2D eigenvalue weighted by Gasteiger charge is -2.24. The summed E-state index contributed by atoms with van der Waals surface area (Å²) in [6, 6.07) is 0.205. The maximum atomic E-state index is 10.0. The summed E-state index contributed by atoms with van der Waals surface area (Å²) in [5.74, 6) is 0.589. The van der Waals surface area contributed by atoms with Crippen molar-refractivity contribution in [3.63, 3.8) is 0 Å². The fourth-order valence-electron chi connectivity index (χ4n) is 1.84. The molecular weight excluding hydrogens is 154 g/mol. The van der Waals surface area contributed by atoms with E-state index in [1.807, 2.05) is 0 Å². The van der Waals surface area contributed by atoms with Gasteiger partial charge in [0.25, 0.3) is 0 Å². The summed E-state index contributed by atoms with van der Waals surface area (Å²) in [4.78, 5) is 13.8. The summed E-state index contributed by atoms with van der Waals surface area (Å²) in [5.41, 5.74) is 0. The first-order valence-electron chi connectivity index (χ1n) is 4.42. The van der Waals surface area contributed by atoms with Gasteiger partial charge in [-0.05, 0) is 25.2 Å². The third-order valence-electron chi connectivity index (χ3n) is 2.39. The Morgan fingerprint density at radius 3 is 3.08 bits per heavy atom. The van der Waals surface area contributed by atoms with Crippen LogP contribution in [-0.2, 0) is 9.53 Å². The number of hydrogen-bond donors (Lipinski definition) is 0. The highest BCUT2D eigenvalue weighted by Crippen LogP contribution is 2.25. The number of methoxy groups -OCH3 is 1. The molecule has 1 aliphatic carbocycles. The van der Waals surface area contributed by atoms with E-state index in [-0.39, 0.29) is 6.04 Å². The number of nitrogens with zero attached hydrogens (tertiary/aromatic N) is 1. The molecule has 0 aliphatic heterocycles. The van der Waals surface area contributed by atoms with Crippen molar-refractivity contribution in [2.75, 3.05) is 13.7 Å². The van der Waals surface area contributed by atoms with Gasteiger partial charge in [0, 0.05) is 13.7 Å². The second kappa shape index (κ2) is 5.07. The first-order valence-corrected chi connectivity index (χ1v) is 4.42. The van der Waals surface area contributed by atoms with Crippen LogP contribution < -0.4 is 0 Å². The Hall–Kier alpha value is -0.660. The fourth-order valence-corrected chi connectivity index (χ4v) is 1.84. The van der Waals surface area contributed by atoms with Gasteiger partial charge in [-0.15, -0.1) is 0 Å². The van der Waals surface area contributed by atoms with Crippen molar-refractivity contribution in [1.82, 2.24) is 0 Å². The second-order valence-corrected chi connectivity index (χ2v) is 3.36. The van der Waals surface area contributed by atoms with Crippen LogP contribution in [0.4, 0.5) is 0 Å². The van der Waals surface area contributed by atoms with Gasteiger partial charge in [-0.2, -0.15) is 0 Å². The molecule has 0 saturated heterocycles. The van der Waals surface area contributed by atoms with E-state index in [1.165, 1.54) is 6.42 Å². The normalized spacial score (nSPS) is 29.4. The summed E-state index contributed by atoms with van der Waals surface area (Å²) in [5, 5.41) is 0. The Kier molecular flexibility index (Phi) is 3.98. The quantitative estimate of drug-likeness (QED) is 0.474. The molecule has 12 heavy (non-hydrogen) atoms. The lowest BCUT2D eigenvalue weighted by atomic mass is 9.86. The number of aliphatic imine (C=N–C) groups is 1. The van der Waals surface area contributed by atoms with E-state index < -0.39 is 0 Å². The molecule has 1 rings (SSSR count). The molecule has 1 fully saturated rings. The summed E-state index contributed by atoms with van der Waals surface area (Å²) in [7, 11) is 1.71. The zero-order valence-electron chi connectivity index (χ0n) is 7.45. The van der Waals surface area contributed by atoms with Crippen LogP contribution in [0, 0.1) is 5.92 Å². The Balaban J connectivity index is 2.34. The maximum absolute atomic E-state index is 10.0. The van der Waals surface area contributed by atoms with Gasteiger partial charge in [-0.3, -0.25) is 0 Å². The predicted octanol–water partition coefficient (Wildman–Crippen LogP) is 1.53. The van der Waals surface area contributed by atoms with Gasteiger partial charge in [0.2, 0.25) is 6.08 Å². The van der Waals surface area contributed by atoms with Crippen LogP contribution in [0.2, 0.25) is 0 Å². The van der Waals surface area contributed by atoms with Crippen LogP contribution in [0.5, 0.6) is 0 Å². The molecular formula is C9H15NO2. The molecule has 0 aromatic carbocycles. The molecule has 0 bridgehead atoms. The summed E-state index contributed by atoms with van der Waals surface area (Å²) >= 11 is 0. The topological polar surface area (TPSA) is 38.7 Å². The minimum absolute atomic E-state index is 0.205. The Morgan fingerprint density at radius 2 is 2.42 bits per heavy atom. The van der Waals surface area contributed by atoms with E-state index >= 15 is 0 Å². The monoisotopic (exact) mass is 169 g/mol. The van der Waals surface area contributed by atoms with Gasteiger partial charge in [0.1, 0.15) is 0 Å². The minimum atomic E-state index is 0.205. The average Bonchev–Trinajstić information content (AvgIpc) is 2.06. The number of carbonyl (C=O) groups excluding carboxylic acids is 1.